The SMILES string of the molecule is CCc1cccc(C)c1NC(=O)C1CCNC1.Cl. The molecule has 1 atom stereocenters. The predicted molar refractivity (Wildman–Crippen MR) is 77.4 cm³/mol. The summed E-state index contributed by atoms with van der Waals surface area (Å²) in [6.07, 6.45) is 1.89. The average molecular weight is 269 g/mol. The van der Waals surface area contributed by atoms with Gasteiger partial charge in [-0.25, -0.2) is 0 Å². The fourth-order valence-electron chi connectivity index (χ4n) is 2.31. The van der Waals surface area contributed by atoms with Gasteiger partial charge in [-0.1, -0.05) is 25.1 Å². The highest BCUT2D eigenvalue weighted by Gasteiger charge is 2.23. The van der Waals surface area contributed by atoms with Crippen LogP contribution in [0.5, 0.6) is 0 Å². The molecule has 1 aromatic carbocycles. The van der Waals surface area contributed by atoms with E-state index in [-0.39, 0.29) is 24.2 Å². The Balaban J connectivity index is 0.00000162. The maximum Gasteiger partial charge on any atom is 0.228 e. The third kappa shape index (κ3) is 3.24. The molecule has 1 aliphatic heterocycles. The third-order valence-electron chi connectivity index (χ3n) is 3.42. The van der Waals surface area contributed by atoms with Crippen LogP contribution in [-0.4, -0.2) is 19.0 Å². The van der Waals surface area contributed by atoms with Crippen LogP contribution in [0.2, 0.25) is 0 Å². The van der Waals surface area contributed by atoms with Crippen molar-refractivity contribution in [3.63, 3.8) is 0 Å². The molecule has 1 amide bonds. The zero-order valence-electron chi connectivity index (χ0n) is 11.0. The number of carbonyl (C=O) groups excluding carboxylic acids is 1. The highest BCUT2D eigenvalue weighted by molar-refractivity contribution is 5.94. The molecule has 1 fully saturated rings. The molecular formula is C14H21ClN2O. The van der Waals surface area contributed by atoms with Crippen LogP contribution in [-0.2, 0) is 11.2 Å². The number of aryl methyl sites for hydroxylation is 2. The molecular weight excluding hydrogens is 248 g/mol. The molecule has 0 saturated carbocycles. The lowest BCUT2D eigenvalue weighted by Gasteiger charge is -2.15. The number of hydrogen-bond acceptors (Lipinski definition) is 2. The van der Waals surface area contributed by atoms with Gasteiger partial charge < -0.3 is 10.6 Å². The highest BCUT2D eigenvalue weighted by atomic mass is 35.5. The molecule has 4 heteroatoms. The highest BCUT2D eigenvalue weighted by Crippen LogP contribution is 2.22. The Hall–Kier alpha value is -1.06. The Morgan fingerprint density at radius 1 is 1.50 bits per heavy atom. The predicted octanol–water partition coefficient (Wildman–Crippen LogP) is 2.53. The summed E-state index contributed by atoms with van der Waals surface area (Å²) in [6, 6.07) is 6.16. The van der Waals surface area contributed by atoms with Crippen LogP contribution in [0.25, 0.3) is 0 Å². The summed E-state index contributed by atoms with van der Waals surface area (Å²) in [5.41, 5.74) is 3.36. The molecule has 0 spiro atoms. The van der Waals surface area contributed by atoms with Gasteiger partial charge in [0.05, 0.1) is 5.92 Å². The first-order valence-corrected chi connectivity index (χ1v) is 6.32. The number of rotatable bonds is 3. The number of halogens is 1. The zero-order valence-corrected chi connectivity index (χ0v) is 11.8. The van der Waals surface area contributed by atoms with Crippen LogP contribution in [0, 0.1) is 12.8 Å². The van der Waals surface area contributed by atoms with Crippen molar-refractivity contribution in [1.82, 2.24) is 5.32 Å². The van der Waals surface area contributed by atoms with Gasteiger partial charge in [0.2, 0.25) is 5.91 Å². The number of carbonyl (C=O) groups is 1. The fourth-order valence-corrected chi connectivity index (χ4v) is 2.31. The van der Waals surface area contributed by atoms with Crippen molar-refractivity contribution < 1.29 is 4.79 Å². The van der Waals surface area contributed by atoms with E-state index in [2.05, 4.69) is 23.6 Å². The van der Waals surface area contributed by atoms with Crippen molar-refractivity contribution in [1.29, 1.82) is 0 Å². The lowest BCUT2D eigenvalue weighted by atomic mass is 10.0. The van der Waals surface area contributed by atoms with Crippen molar-refractivity contribution in [3.05, 3.63) is 29.3 Å². The van der Waals surface area contributed by atoms with E-state index in [0.29, 0.717) is 0 Å². The summed E-state index contributed by atoms with van der Waals surface area (Å²) in [7, 11) is 0. The van der Waals surface area contributed by atoms with E-state index in [1.165, 1.54) is 5.56 Å². The smallest absolute Gasteiger partial charge is 0.228 e. The van der Waals surface area contributed by atoms with E-state index in [1.807, 2.05) is 19.1 Å². The van der Waals surface area contributed by atoms with Crippen molar-refractivity contribution in [3.8, 4) is 0 Å². The first-order chi connectivity index (χ1) is 8.22. The van der Waals surface area contributed by atoms with Crippen molar-refractivity contribution in [2.75, 3.05) is 18.4 Å². The Morgan fingerprint density at radius 2 is 2.28 bits per heavy atom. The minimum atomic E-state index is 0. The molecule has 1 aliphatic rings. The van der Waals surface area contributed by atoms with Gasteiger partial charge in [0.15, 0.2) is 0 Å². The third-order valence-corrected chi connectivity index (χ3v) is 3.42. The number of hydrogen-bond donors (Lipinski definition) is 2. The summed E-state index contributed by atoms with van der Waals surface area (Å²) in [5, 5.41) is 6.31. The molecule has 3 nitrogen and oxygen atoms in total. The maximum absolute atomic E-state index is 12.1. The summed E-state index contributed by atoms with van der Waals surface area (Å²) < 4.78 is 0. The lowest BCUT2D eigenvalue weighted by Crippen LogP contribution is -2.25. The second kappa shape index (κ2) is 6.76. The van der Waals surface area contributed by atoms with Gasteiger partial charge in [-0.2, -0.15) is 0 Å². The molecule has 2 N–H and O–H groups in total. The number of amides is 1. The Morgan fingerprint density at radius 3 is 2.89 bits per heavy atom. The summed E-state index contributed by atoms with van der Waals surface area (Å²) in [4.78, 5) is 12.1. The van der Waals surface area contributed by atoms with Crippen molar-refractivity contribution >= 4 is 24.0 Å². The van der Waals surface area contributed by atoms with Gasteiger partial charge in [-0.15, -0.1) is 12.4 Å². The van der Waals surface area contributed by atoms with Gasteiger partial charge in [-0.05, 0) is 37.4 Å². The standard InChI is InChI=1S/C14H20N2O.ClH/c1-3-11-6-4-5-10(2)13(11)16-14(17)12-7-8-15-9-12;/h4-6,12,15H,3,7-9H2,1-2H3,(H,16,17);1H. The van der Waals surface area contributed by atoms with Gasteiger partial charge in [-0.3, -0.25) is 4.79 Å². The Bertz CT molecular complexity index is 414. The number of benzene rings is 1. The maximum atomic E-state index is 12.1. The molecule has 1 aromatic rings. The molecule has 2 rings (SSSR count). The normalized spacial score (nSPS) is 18.2. The van der Waals surface area contributed by atoms with Crippen LogP contribution in [0.3, 0.4) is 0 Å². The minimum Gasteiger partial charge on any atom is -0.325 e. The van der Waals surface area contributed by atoms with Gasteiger partial charge >= 0.3 is 0 Å². The molecule has 0 radical (unpaired) electrons. The van der Waals surface area contributed by atoms with Crippen LogP contribution < -0.4 is 10.6 Å². The summed E-state index contributed by atoms with van der Waals surface area (Å²) in [5.74, 6) is 0.276. The Labute approximate surface area is 115 Å². The minimum absolute atomic E-state index is 0. The van der Waals surface area contributed by atoms with Crippen molar-refractivity contribution in [2.45, 2.75) is 26.7 Å². The zero-order chi connectivity index (χ0) is 12.3. The first-order valence-electron chi connectivity index (χ1n) is 6.32. The largest absolute Gasteiger partial charge is 0.325 e. The van der Waals surface area contributed by atoms with Gasteiger partial charge in [0, 0.05) is 12.2 Å². The second-order valence-electron chi connectivity index (χ2n) is 4.64. The van der Waals surface area contributed by atoms with E-state index in [4.69, 9.17) is 0 Å². The van der Waals surface area contributed by atoms with Gasteiger partial charge in [0.25, 0.3) is 0 Å². The molecule has 0 bridgehead atoms. The summed E-state index contributed by atoms with van der Waals surface area (Å²) >= 11 is 0. The Kier molecular flexibility index (Phi) is 5.63. The quantitative estimate of drug-likeness (QED) is 0.885. The van der Waals surface area contributed by atoms with Crippen LogP contribution in [0.15, 0.2) is 18.2 Å². The van der Waals surface area contributed by atoms with Crippen molar-refractivity contribution in [2.24, 2.45) is 5.92 Å². The lowest BCUT2D eigenvalue weighted by molar-refractivity contribution is -0.119. The second-order valence-corrected chi connectivity index (χ2v) is 4.64. The van der Waals surface area contributed by atoms with E-state index >= 15 is 0 Å². The van der Waals surface area contributed by atoms with E-state index in [9.17, 15) is 4.79 Å². The topological polar surface area (TPSA) is 41.1 Å². The van der Waals surface area contributed by atoms with Crippen LogP contribution in [0.1, 0.15) is 24.5 Å². The van der Waals surface area contributed by atoms with E-state index in [1.54, 1.807) is 0 Å². The average Bonchev–Trinajstić information content (AvgIpc) is 2.85. The van der Waals surface area contributed by atoms with E-state index < -0.39 is 0 Å². The van der Waals surface area contributed by atoms with Crippen LogP contribution >= 0.6 is 12.4 Å². The molecule has 18 heavy (non-hydrogen) atoms. The fraction of sp³-hybridized carbons (Fsp3) is 0.500. The van der Waals surface area contributed by atoms with Gasteiger partial charge in [0.1, 0.15) is 0 Å². The molecule has 1 heterocycles. The molecule has 0 aliphatic carbocycles. The summed E-state index contributed by atoms with van der Waals surface area (Å²) in [6.45, 7) is 5.91. The van der Waals surface area contributed by atoms with Crippen LogP contribution in [0.4, 0.5) is 5.69 Å². The van der Waals surface area contributed by atoms with E-state index in [0.717, 1.165) is 37.2 Å². The molecule has 1 unspecified atom stereocenters. The number of para-hydroxylation sites is 1. The number of nitrogens with one attached hydrogen (secondary N) is 2. The molecule has 100 valence electrons. The first kappa shape index (κ1) is 15.0. The monoisotopic (exact) mass is 268 g/mol. The molecule has 0 aromatic heterocycles. The molecule has 1 saturated heterocycles. The number of anilines is 1.